The monoisotopic (exact) mass is 221 g/mol. The van der Waals surface area contributed by atoms with Crippen molar-refractivity contribution in [3.8, 4) is 0 Å². The number of likely N-dealkylation sites (tertiary alicyclic amines) is 1. The van der Waals surface area contributed by atoms with Crippen LogP contribution in [0.3, 0.4) is 0 Å². The second kappa shape index (κ2) is 4.23. The van der Waals surface area contributed by atoms with Gasteiger partial charge in [-0.2, -0.15) is 25.3 Å². The lowest BCUT2D eigenvalue weighted by Gasteiger charge is -2.22. The van der Waals surface area contributed by atoms with Gasteiger partial charge in [-0.05, 0) is 0 Å². The van der Waals surface area contributed by atoms with Gasteiger partial charge < -0.3 is 10.0 Å². The van der Waals surface area contributed by atoms with Crippen LogP contribution >= 0.6 is 25.3 Å². The summed E-state index contributed by atoms with van der Waals surface area (Å²) in [4.78, 5) is 23.3. The van der Waals surface area contributed by atoms with Crippen molar-refractivity contribution in [3.63, 3.8) is 0 Å². The van der Waals surface area contributed by atoms with E-state index in [0.717, 1.165) is 0 Å². The lowest BCUT2D eigenvalue weighted by Crippen LogP contribution is -2.43. The first-order chi connectivity index (χ1) is 6.06. The van der Waals surface area contributed by atoms with Gasteiger partial charge in [0.05, 0.1) is 0 Å². The fraction of sp³-hybridized carbons (Fsp3) is 0.714. The zero-order valence-corrected chi connectivity index (χ0v) is 8.67. The smallest absolute Gasteiger partial charge is 0.327 e. The first-order valence-electron chi connectivity index (χ1n) is 3.87. The molecule has 0 aliphatic carbocycles. The average Bonchev–Trinajstić information content (AvgIpc) is 2.31. The minimum Gasteiger partial charge on any atom is -0.480 e. The predicted molar refractivity (Wildman–Crippen MR) is 54.4 cm³/mol. The van der Waals surface area contributed by atoms with E-state index in [2.05, 4.69) is 25.3 Å². The van der Waals surface area contributed by atoms with Crippen LogP contribution in [0.2, 0.25) is 0 Å². The van der Waals surface area contributed by atoms with Crippen molar-refractivity contribution in [1.29, 1.82) is 0 Å². The molecule has 2 atom stereocenters. The summed E-state index contributed by atoms with van der Waals surface area (Å²) in [5.74, 6) is -1.02. The molecule has 0 radical (unpaired) electrons. The van der Waals surface area contributed by atoms with Crippen LogP contribution in [0.4, 0.5) is 0 Å². The van der Waals surface area contributed by atoms with Gasteiger partial charge in [0.25, 0.3) is 0 Å². The van der Waals surface area contributed by atoms with Gasteiger partial charge in [-0.25, -0.2) is 4.79 Å². The normalized spacial score (nSPS) is 24.9. The van der Waals surface area contributed by atoms with Crippen molar-refractivity contribution < 1.29 is 14.7 Å². The average molecular weight is 221 g/mol. The summed E-state index contributed by atoms with van der Waals surface area (Å²) < 4.78 is 0. The Kier molecular flexibility index (Phi) is 3.49. The molecule has 4 nitrogen and oxygen atoms in total. The zero-order valence-electron chi connectivity index (χ0n) is 6.88. The number of carboxylic acids is 1. The number of hydrogen-bond donors (Lipinski definition) is 3. The molecule has 1 amide bonds. The Hall–Kier alpha value is -0.360. The van der Waals surface area contributed by atoms with E-state index in [9.17, 15) is 9.59 Å². The Morgan fingerprint density at radius 3 is 2.69 bits per heavy atom. The summed E-state index contributed by atoms with van der Waals surface area (Å²) in [6.45, 7) is 0.402. The van der Waals surface area contributed by atoms with Gasteiger partial charge in [-0.15, -0.1) is 0 Å². The van der Waals surface area contributed by atoms with Gasteiger partial charge in [-0.3, -0.25) is 4.79 Å². The number of carboxylic acid groups (broad SMARTS) is 1. The maximum absolute atomic E-state index is 11.3. The minimum atomic E-state index is -1.01. The molecule has 1 aliphatic heterocycles. The molecule has 1 fully saturated rings. The number of hydrogen-bond acceptors (Lipinski definition) is 4. The first-order valence-corrected chi connectivity index (χ1v) is 5.02. The topological polar surface area (TPSA) is 57.6 Å². The SMILES string of the molecule is O=C(O)C(CS)N1CC(S)CC1=O. The highest BCUT2D eigenvalue weighted by molar-refractivity contribution is 7.81. The van der Waals surface area contributed by atoms with Crippen LogP contribution < -0.4 is 0 Å². The third-order valence-corrected chi connectivity index (χ3v) is 2.66. The van der Waals surface area contributed by atoms with E-state index < -0.39 is 12.0 Å². The van der Waals surface area contributed by atoms with Crippen LogP contribution in [-0.2, 0) is 9.59 Å². The molecule has 0 aromatic heterocycles. The molecule has 0 saturated carbocycles. The molecule has 1 heterocycles. The van der Waals surface area contributed by atoms with Gasteiger partial charge in [0.15, 0.2) is 0 Å². The highest BCUT2D eigenvalue weighted by atomic mass is 32.1. The number of rotatable bonds is 3. The molecule has 13 heavy (non-hydrogen) atoms. The van der Waals surface area contributed by atoms with E-state index in [0.29, 0.717) is 13.0 Å². The summed E-state index contributed by atoms with van der Waals surface area (Å²) in [6, 6.07) is -0.812. The fourth-order valence-electron chi connectivity index (χ4n) is 1.32. The number of amides is 1. The summed E-state index contributed by atoms with van der Waals surface area (Å²) in [5, 5.41) is 8.72. The van der Waals surface area contributed by atoms with Gasteiger partial charge in [0, 0.05) is 24.0 Å². The van der Waals surface area contributed by atoms with Crippen LogP contribution in [0.15, 0.2) is 0 Å². The molecule has 0 spiro atoms. The second-order valence-corrected chi connectivity index (χ2v) is 4.04. The van der Waals surface area contributed by atoms with E-state index in [4.69, 9.17) is 5.11 Å². The summed E-state index contributed by atoms with van der Waals surface area (Å²) in [5.41, 5.74) is 0. The highest BCUT2D eigenvalue weighted by Gasteiger charge is 2.35. The highest BCUT2D eigenvalue weighted by Crippen LogP contribution is 2.19. The molecule has 1 aliphatic rings. The summed E-state index contributed by atoms with van der Waals surface area (Å²) in [7, 11) is 0. The molecular formula is C7H11NO3S2. The fourth-order valence-corrected chi connectivity index (χ4v) is 2.01. The first kappa shape index (κ1) is 10.7. The Labute approximate surface area is 87.1 Å². The van der Waals surface area contributed by atoms with Crippen molar-refractivity contribution in [1.82, 2.24) is 4.90 Å². The molecule has 0 aromatic rings. The number of carbonyl (C=O) groups is 2. The number of nitrogens with zero attached hydrogens (tertiary/aromatic N) is 1. The van der Waals surface area contributed by atoms with Crippen LogP contribution in [0.5, 0.6) is 0 Å². The summed E-state index contributed by atoms with van der Waals surface area (Å²) >= 11 is 8.03. The molecule has 74 valence electrons. The standard InChI is InChI=1S/C7H11NO3S2/c9-6-1-4(13)2-8(6)5(3-12)7(10)11/h4-5,12-13H,1-3H2,(H,10,11). The van der Waals surface area contributed by atoms with Gasteiger partial charge >= 0.3 is 5.97 Å². The Bertz CT molecular complexity index is 234. The van der Waals surface area contributed by atoms with Gasteiger partial charge in [0.1, 0.15) is 6.04 Å². The predicted octanol–water partition coefficient (Wildman–Crippen LogP) is -0.0999. The maximum atomic E-state index is 11.3. The molecule has 0 aromatic carbocycles. The Balaban J connectivity index is 2.69. The minimum absolute atomic E-state index is 0.0470. The second-order valence-electron chi connectivity index (χ2n) is 2.94. The van der Waals surface area contributed by atoms with Crippen molar-refractivity contribution >= 4 is 37.1 Å². The van der Waals surface area contributed by atoms with Crippen LogP contribution in [0.1, 0.15) is 6.42 Å². The lowest BCUT2D eigenvalue weighted by atomic mass is 10.3. The molecule has 6 heteroatoms. The van der Waals surface area contributed by atoms with E-state index in [-0.39, 0.29) is 16.9 Å². The van der Waals surface area contributed by atoms with Crippen LogP contribution in [0.25, 0.3) is 0 Å². The summed E-state index contributed by atoms with van der Waals surface area (Å²) in [6.07, 6.45) is 0.320. The Morgan fingerprint density at radius 2 is 2.38 bits per heavy atom. The molecular weight excluding hydrogens is 210 g/mol. The molecule has 0 bridgehead atoms. The molecule has 1 saturated heterocycles. The van der Waals surface area contributed by atoms with Gasteiger partial charge in [-0.1, -0.05) is 0 Å². The largest absolute Gasteiger partial charge is 0.480 e. The van der Waals surface area contributed by atoms with Crippen LogP contribution in [0, 0.1) is 0 Å². The quantitative estimate of drug-likeness (QED) is 0.583. The van der Waals surface area contributed by atoms with Crippen molar-refractivity contribution in [2.45, 2.75) is 17.7 Å². The van der Waals surface area contributed by atoms with E-state index in [1.54, 1.807) is 0 Å². The molecule has 2 unspecified atom stereocenters. The lowest BCUT2D eigenvalue weighted by molar-refractivity contribution is -0.147. The number of thiol groups is 2. The third-order valence-electron chi connectivity index (χ3n) is 1.97. The Morgan fingerprint density at radius 1 is 1.77 bits per heavy atom. The van der Waals surface area contributed by atoms with E-state index in [1.807, 2.05) is 0 Å². The van der Waals surface area contributed by atoms with E-state index in [1.165, 1.54) is 4.90 Å². The van der Waals surface area contributed by atoms with Crippen molar-refractivity contribution in [3.05, 3.63) is 0 Å². The van der Waals surface area contributed by atoms with Crippen molar-refractivity contribution in [2.24, 2.45) is 0 Å². The van der Waals surface area contributed by atoms with Crippen LogP contribution in [-0.4, -0.2) is 45.5 Å². The maximum Gasteiger partial charge on any atom is 0.327 e. The number of aliphatic carboxylic acids is 1. The molecule has 1 rings (SSSR count). The van der Waals surface area contributed by atoms with Crippen molar-refractivity contribution in [2.75, 3.05) is 12.3 Å². The third kappa shape index (κ3) is 2.31. The zero-order chi connectivity index (χ0) is 10.0. The molecule has 1 N–H and O–H groups in total. The number of carbonyl (C=O) groups excluding carboxylic acids is 1. The van der Waals surface area contributed by atoms with Gasteiger partial charge in [0.2, 0.25) is 5.91 Å². The van der Waals surface area contributed by atoms with E-state index >= 15 is 0 Å².